The Morgan fingerprint density at radius 1 is 1.56 bits per heavy atom. The highest BCUT2D eigenvalue weighted by molar-refractivity contribution is 4.91. The van der Waals surface area contributed by atoms with Crippen LogP contribution in [0.15, 0.2) is 6.33 Å². The molecule has 0 saturated carbocycles. The second-order valence-electron chi connectivity index (χ2n) is 4.69. The highest BCUT2D eigenvalue weighted by atomic mass is 16.5. The number of nitrogens with zero attached hydrogens (tertiary/aromatic N) is 3. The second-order valence-corrected chi connectivity index (χ2v) is 4.69. The Kier molecular flexibility index (Phi) is 4.44. The van der Waals surface area contributed by atoms with E-state index in [1.54, 1.807) is 13.4 Å². The molecule has 0 bridgehead atoms. The number of aromatic nitrogens is 3. The first-order valence-electron chi connectivity index (χ1n) is 5.59. The second kappa shape index (κ2) is 5.41. The van der Waals surface area contributed by atoms with Crippen molar-refractivity contribution >= 4 is 0 Å². The summed E-state index contributed by atoms with van der Waals surface area (Å²) in [5.41, 5.74) is -0.0768. The molecule has 1 atom stereocenters. The van der Waals surface area contributed by atoms with Gasteiger partial charge in [0.1, 0.15) is 12.2 Å². The molecular weight excluding hydrogens is 204 g/mol. The first-order valence-corrected chi connectivity index (χ1v) is 5.59. The Bertz CT molecular complexity index is 322. The summed E-state index contributed by atoms with van der Waals surface area (Å²) in [6.07, 6.45) is 2.68. The maximum Gasteiger partial charge on any atom is 0.149 e. The maximum absolute atomic E-state index is 5.36. The predicted octanol–water partition coefficient (Wildman–Crippen LogP) is 1.28. The normalized spacial score (nSPS) is 14.1. The topological polar surface area (TPSA) is 52.0 Å². The minimum atomic E-state index is -0.0768. The van der Waals surface area contributed by atoms with Crippen molar-refractivity contribution in [1.29, 1.82) is 0 Å². The molecule has 16 heavy (non-hydrogen) atoms. The summed E-state index contributed by atoms with van der Waals surface area (Å²) in [4.78, 5) is 0. The van der Waals surface area contributed by atoms with E-state index in [1.165, 1.54) is 0 Å². The summed E-state index contributed by atoms with van der Waals surface area (Å²) in [5.74, 6) is 0.954. The summed E-state index contributed by atoms with van der Waals surface area (Å²) in [7, 11) is 3.69. The molecule has 92 valence electrons. The molecule has 0 aliphatic carbocycles. The minimum Gasteiger partial charge on any atom is -0.379 e. The number of ether oxygens (including phenoxy) is 1. The van der Waals surface area contributed by atoms with E-state index in [-0.39, 0.29) is 11.6 Å². The Morgan fingerprint density at radius 3 is 2.75 bits per heavy atom. The number of hydrogen-bond donors (Lipinski definition) is 1. The lowest BCUT2D eigenvalue weighted by molar-refractivity contribution is 0.0154. The van der Waals surface area contributed by atoms with E-state index < -0.39 is 0 Å². The fraction of sp³-hybridized carbons (Fsp3) is 0.818. The van der Waals surface area contributed by atoms with E-state index in [4.69, 9.17) is 4.74 Å². The van der Waals surface area contributed by atoms with Gasteiger partial charge in [-0.1, -0.05) is 0 Å². The third-order valence-electron chi connectivity index (χ3n) is 2.86. The molecule has 1 aromatic heterocycles. The first kappa shape index (κ1) is 13.1. The van der Waals surface area contributed by atoms with Gasteiger partial charge in [0.05, 0.1) is 11.6 Å². The minimum absolute atomic E-state index is 0.0768. The summed E-state index contributed by atoms with van der Waals surface area (Å²) in [6.45, 7) is 7.15. The van der Waals surface area contributed by atoms with Gasteiger partial charge < -0.3 is 14.6 Å². The van der Waals surface area contributed by atoms with E-state index in [9.17, 15) is 0 Å². The quantitative estimate of drug-likeness (QED) is 0.794. The van der Waals surface area contributed by atoms with Crippen molar-refractivity contribution in [3.05, 3.63) is 12.2 Å². The monoisotopic (exact) mass is 226 g/mol. The molecule has 5 heteroatoms. The van der Waals surface area contributed by atoms with Gasteiger partial charge in [-0.15, -0.1) is 10.2 Å². The lowest BCUT2D eigenvalue weighted by Gasteiger charge is -2.23. The molecule has 0 radical (unpaired) electrons. The molecule has 0 aliphatic rings. The standard InChI is InChI=1S/C11H22N4O/c1-9(10-14-13-8-15(10)4)12-7-6-11(2,3)16-5/h8-9,12H,6-7H2,1-5H3. The molecular formula is C11H22N4O. The van der Waals surface area contributed by atoms with Gasteiger partial charge >= 0.3 is 0 Å². The smallest absolute Gasteiger partial charge is 0.149 e. The molecule has 1 rings (SSSR count). The zero-order valence-electron chi connectivity index (χ0n) is 10.8. The fourth-order valence-electron chi connectivity index (χ4n) is 1.47. The third-order valence-corrected chi connectivity index (χ3v) is 2.86. The number of nitrogens with one attached hydrogen (secondary N) is 1. The number of rotatable bonds is 6. The van der Waals surface area contributed by atoms with E-state index in [2.05, 4.69) is 36.3 Å². The van der Waals surface area contributed by atoms with Crippen LogP contribution in [-0.4, -0.2) is 34.0 Å². The van der Waals surface area contributed by atoms with E-state index >= 15 is 0 Å². The average Bonchev–Trinajstić information content (AvgIpc) is 2.64. The molecule has 0 amide bonds. The highest BCUT2D eigenvalue weighted by Gasteiger charge is 2.17. The maximum atomic E-state index is 5.36. The fourth-order valence-corrected chi connectivity index (χ4v) is 1.47. The lowest BCUT2D eigenvalue weighted by Crippen LogP contribution is -2.30. The van der Waals surface area contributed by atoms with Crippen LogP contribution in [0.5, 0.6) is 0 Å². The van der Waals surface area contributed by atoms with Crippen LogP contribution >= 0.6 is 0 Å². The summed E-state index contributed by atoms with van der Waals surface area (Å²) in [6, 6.07) is 0.208. The molecule has 0 fully saturated rings. The Labute approximate surface area is 97.2 Å². The first-order chi connectivity index (χ1) is 7.46. The third kappa shape index (κ3) is 3.57. The van der Waals surface area contributed by atoms with Crippen LogP contribution in [0.25, 0.3) is 0 Å². The van der Waals surface area contributed by atoms with Crippen molar-refractivity contribution < 1.29 is 4.74 Å². The largest absolute Gasteiger partial charge is 0.379 e. The van der Waals surface area contributed by atoms with Crippen molar-refractivity contribution in [2.24, 2.45) is 7.05 Å². The van der Waals surface area contributed by atoms with E-state index in [0.717, 1.165) is 18.8 Å². The SMILES string of the molecule is COC(C)(C)CCNC(C)c1nncn1C. The lowest BCUT2D eigenvalue weighted by atomic mass is 10.1. The molecule has 1 N–H and O–H groups in total. The Morgan fingerprint density at radius 2 is 2.25 bits per heavy atom. The Hall–Kier alpha value is -0.940. The van der Waals surface area contributed by atoms with Crippen molar-refractivity contribution in [2.45, 2.75) is 38.8 Å². The van der Waals surface area contributed by atoms with Crippen LogP contribution in [0.1, 0.15) is 39.1 Å². The van der Waals surface area contributed by atoms with Gasteiger partial charge in [-0.3, -0.25) is 0 Å². The van der Waals surface area contributed by atoms with Gasteiger partial charge in [0.2, 0.25) is 0 Å². The average molecular weight is 226 g/mol. The van der Waals surface area contributed by atoms with Crippen molar-refractivity contribution in [3.8, 4) is 0 Å². The molecule has 1 heterocycles. The number of methoxy groups -OCH3 is 1. The van der Waals surface area contributed by atoms with E-state index in [1.807, 2.05) is 11.6 Å². The molecule has 0 aliphatic heterocycles. The highest BCUT2D eigenvalue weighted by Crippen LogP contribution is 2.13. The molecule has 1 aromatic rings. The van der Waals surface area contributed by atoms with Crippen LogP contribution in [0.2, 0.25) is 0 Å². The number of hydrogen-bond acceptors (Lipinski definition) is 4. The molecule has 0 saturated heterocycles. The van der Waals surface area contributed by atoms with Gasteiger partial charge in [0.25, 0.3) is 0 Å². The van der Waals surface area contributed by atoms with E-state index in [0.29, 0.717) is 0 Å². The van der Waals surface area contributed by atoms with Crippen molar-refractivity contribution in [3.63, 3.8) is 0 Å². The van der Waals surface area contributed by atoms with Gasteiger partial charge in [-0.25, -0.2) is 0 Å². The van der Waals surface area contributed by atoms with Gasteiger partial charge in [-0.2, -0.15) is 0 Å². The zero-order valence-corrected chi connectivity index (χ0v) is 10.8. The van der Waals surface area contributed by atoms with Crippen LogP contribution in [0.4, 0.5) is 0 Å². The summed E-state index contributed by atoms with van der Waals surface area (Å²) >= 11 is 0. The van der Waals surface area contributed by atoms with Gasteiger partial charge in [-0.05, 0) is 33.7 Å². The summed E-state index contributed by atoms with van der Waals surface area (Å²) < 4.78 is 7.29. The predicted molar refractivity (Wildman–Crippen MR) is 63.1 cm³/mol. The molecule has 5 nitrogen and oxygen atoms in total. The molecule has 1 unspecified atom stereocenters. The zero-order chi connectivity index (χ0) is 12.2. The van der Waals surface area contributed by atoms with Gasteiger partial charge in [0, 0.05) is 14.2 Å². The van der Waals surface area contributed by atoms with Crippen LogP contribution in [-0.2, 0) is 11.8 Å². The Balaban J connectivity index is 2.37. The number of aryl methyl sites for hydroxylation is 1. The summed E-state index contributed by atoms with van der Waals surface area (Å²) in [5, 5.41) is 11.3. The van der Waals surface area contributed by atoms with Crippen molar-refractivity contribution in [1.82, 2.24) is 20.1 Å². The van der Waals surface area contributed by atoms with Crippen LogP contribution in [0.3, 0.4) is 0 Å². The van der Waals surface area contributed by atoms with Crippen LogP contribution in [0, 0.1) is 0 Å². The molecule has 0 aromatic carbocycles. The van der Waals surface area contributed by atoms with Gasteiger partial charge in [0.15, 0.2) is 0 Å². The van der Waals surface area contributed by atoms with Crippen LogP contribution < -0.4 is 5.32 Å². The van der Waals surface area contributed by atoms with Crippen molar-refractivity contribution in [2.75, 3.05) is 13.7 Å². The molecule has 0 spiro atoms.